The van der Waals surface area contributed by atoms with Crippen LogP contribution in [0.2, 0.25) is 0 Å². The van der Waals surface area contributed by atoms with E-state index in [0.29, 0.717) is 23.0 Å². The Morgan fingerprint density at radius 2 is 1.80 bits per heavy atom. The number of ether oxygens (including phenoxy) is 2. The van der Waals surface area contributed by atoms with E-state index >= 15 is 0 Å². The van der Waals surface area contributed by atoms with Gasteiger partial charge in [-0.2, -0.15) is 0 Å². The summed E-state index contributed by atoms with van der Waals surface area (Å²) in [5.74, 6) is 2.42. The molecule has 0 bridgehead atoms. The monoisotopic (exact) mass is 343 g/mol. The van der Waals surface area contributed by atoms with Gasteiger partial charge in [0.05, 0.1) is 14.2 Å². The van der Waals surface area contributed by atoms with Crippen LogP contribution in [0.4, 0.5) is 22.1 Å². The van der Waals surface area contributed by atoms with Gasteiger partial charge < -0.3 is 19.7 Å². The van der Waals surface area contributed by atoms with Gasteiger partial charge in [0.15, 0.2) is 11.5 Å². The third-order valence-corrected chi connectivity index (χ3v) is 3.97. The number of hydrogen-bond acceptors (Lipinski definition) is 6. The minimum Gasteiger partial charge on any atom is -0.493 e. The summed E-state index contributed by atoms with van der Waals surface area (Å²) in [5.41, 5.74) is 0.587. The van der Waals surface area contributed by atoms with E-state index in [9.17, 15) is 4.79 Å². The number of nitrogens with one attached hydrogen (secondary N) is 2. The van der Waals surface area contributed by atoms with Gasteiger partial charge in [-0.05, 0) is 25.0 Å². The van der Waals surface area contributed by atoms with Crippen LogP contribution in [-0.4, -0.2) is 43.3 Å². The van der Waals surface area contributed by atoms with Crippen LogP contribution in [0.1, 0.15) is 12.8 Å². The Balaban J connectivity index is 1.65. The minimum atomic E-state index is -0.390. The third-order valence-electron chi connectivity index (χ3n) is 3.97. The Labute approximate surface area is 146 Å². The first kappa shape index (κ1) is 16.8. The van der Waals surface area contributed by atoms with Crippen molar-refractivity contribution in [1.29, 1.82) is 0 Å². The SMILES string of the molecule is COc1ccc(NC(=O)Nc2cc(N3CCCC3)ncn2)cc1OC. The fourth-order valence-corrected chi connectivity index (χ4v) is 2.73. The molecule has 1 aromatic heterocycles. The Morgan fingerprint density at radius 3 is 2.52 bits per heavy atom. The number of methoxy groups -OCH3 is 2. The molecule has 2 heterocycles. The zero-order valence-electron chi connectivity index (χ0n) is 14.3. The van der Waals surface area contributed by atoms with Crippen molar-refractivity contribution in [2.24, 2.45) is 0 Å². The number of aromatic nitrogens is 2. The lowest BCUT2D eigenvalue weighted by Crippen LogP contribution is -2.22. The fourth-order valence-electron chi connectivity index (χ4n) is 2.73. The van der Waals surface area contributed by atoms with E-state index in [0.717, 1.165) is 31.7 Å². The van der Waals surface area contributed by atoms with Gasteiger partial charge in [-0.25, -0.2) is 14.8 Å². The molecule has 0 saturated carbocycles. The van der Waals surface area contributed by atoms with Crippen LogP contribution in [0.25, 0.3) is 0 Å². The van der Waals surface area contributed by atoms with E-state index < -0.39 is 6.03 Å². The van der Waals surface area contributed by atoms with E-state index in [4.69, 9.17) is 9.47 Å². The number of rotatable bonds is 5. The molecule has 1 saturated heterocycles. The van der Waals surface area contributed by atoms with Gasteiger partial charge in [0.1, 0.15) is 18.0 Å². The number of nitrogens with zero attached hydrogens (tertiary/aromatic N) is 3. The second-order valence-electron chi connectivity index (χ2n) is 5.60. The van der Waals surface area contributed by atoms with E-state index in [1.54, 1.807) is 38.5 Å². The van der Waals surface area contributed by atoms with Crippen LogP contribution < -0.4 is 25.0 Å². The molecule has 1 aromatic carbocycles. The molecule has 0 atom stereocenters. The molecule has 8 nitrogen and oxygen atoms in total. The average molecular weight is 343 g/mol. The molecule has 1 aliphatic rings. The van der Waals surface area contributed by atoms with Crippen molar-refractivity contribution in [1.82, 2.24) is 9.97 Å². The van der Waals surface area contributed by atoms with Gasteiger partial charge in [-0.3, -0.25) is 5.32 Å². The van der Waals surface area contributed by atoms with Crippen molar-refractivity contribution in [2.75, 3.05) is 42.8 Å². The standard InChI is InChI=1S/C17H21N5O3/c1-24-13-6-5-12(9-14(13)25-2)20-17(23)21-15-10-16(19-11-18-15)22-7-3-4-8-22/h5-6,9-11H,3-4,7-8H2,1-2H3,(H2,18,19,20,21,23). The van der Waals surface area contributed by atoms with Crippen LogP contribution in [0, 0.1) is 0 Å². The highest BCUT2D eigenvalue weighted by Crippen LogP contribution is 2.29. The Bertz CT molecular complexity index is 747. The average Bonchev–Trinajstić information content (AvgIpc) is 3.16. The van der Waals surface area contributed by atoms with Gasteiger partial charge in [0, 0.05) is 30.9 Å². The van der Waals surface area contributed by atoms with Crippen LogP contribution in [0.15, 0.2) is 30.6 Å². The zero-order chi connectivity index (χ0) is 17.6. The topological polar surface area (TPSA) is 88.6 Å². The summed E-state index contributed by atoms with van der Waals surface area (Å²) >= 11 is 0. The highest BCUT2D eigenvalue weighted by molar-refractivity contribution is 5.99. The summed E-state index contributed by atoms with van der Waals surface area (Å²) in [7, 11) is 3.10. The quantitative estimate of drug-likeness (QED) is 0.868. The number of hydrogen-bond donors (Lipinski definition) is 2. The molecule has 132 valence electrons. The normalized spacial score (nSPS) is 13.4. The Morgan fingerprint density at radius 1 is 1.04 bits per heavy atom. The Hall–Kier alpha value is -3.03. The predicted molar refractivity (Wildman–Crippen MR) is 95.7 cm³/mol. The number of anilines is 3. The number of benzene rings is 1. The lowest BCUT2D eigenvalue weighted by atomic mass is 10.3. The second kappa shape index (κ2) is 7.69. The maximum Gasteiger partial charge on any atom is 0.324 e. The smallest absolute Gasteiger partial charge is 0.324 e. The summed E-state index contributed by atoms with van der Waals surface area (Å²) < 4.78 is 10.4. The molecule has 2 amide bonds. The molecular formula is C17H21N5O3. The lowest BCUT2D eigenvalue weighted by molar-refractivity contribution is 0.262. The molecule has 8 heteroatoms. The summed E-state index contributed by atoms with van der Waals surface area (Å²) in [6.07, 6.45) is 3.78. The minimum absolute atomic E-state index is 0.390. The molecule has 0 radical (unpaired) electrons. The summed E-state index contributed by atoms with van der Waals surface area (Å²) in [6.45, 7) is 1.96. The maximum atomic E-state index is 12.2. The molecule has 0 spiro atoms. The molecule has 1 fully saturated rings. The highest BCUT2D eigenvalue weighted by atomic mass is 16.5. The number of amides is 2. The fraction of sp³-hybridized carbons (Fsp3) is 0.353. The molecule has 2 aromatic rings. The lowest BCUT2D eigenvalue weighted by Gasteiger charge is -2.16. The molecule has 1 aliphatic heterocycles. The molecule has 0 unspecified atom stereocenters. The van der Waals surface area contributed by atoms with Gasteiger partial charge >= 0.3 is 6.03 Å². The zero-order valence-corrected chi connectivity index (χ0v) is 14.3. The van der Waals surface area contributed by atoms with Crippen LogP contribution in [0.3, 0.4) is 0 Å². The second-order valence-corrected chi connectivity index (χ2v) is 5.60. The first-order chi connectivity index (χ1) is 12.2. The molecule has 3 rings (SSSR count). The van der Waals surface area contributed by atoms with E-state index in [2.05, 4.69) is 25.5 Å². The van der Waals surface area contributed by atoms with Gasteiger partial charge in [0.25, 0.3) is 0 Å². The molecular weight excluding hydrogens is 322 g/mol. The van der Waals surface area contributed by atoms with Gasteiger partial charge in [0.2, 0.25) is 0 Å². The van der Waals surface area contributed by atoms with Crippen molar-refractivity contribution in [3.63, 3.8) is 0 Å². The number of carbonyl (C=O) groups excluding carboxylic acids is 1. The van der Waals surface area contributed by atoms with E-state index in [1.807, 2.05) is 0 Å². The first-order valence-corrected chi connectivity index (χ1v) is 8.06. The molecule has 0 aliphatic carbocycles. The Kier molecular flexibility index (Phi) is 5.17. The first-order valence-electron chi connectivity index (χ1n) is 8.06. The molecule has 25 heavy (non-hydrogen) atoms. The van der Waals surface area contributed by atoms with Crippen molar-refractivity contribution >= 4 is 23.4 Å². The van der Waals surface area contributed by atoms with Crippen molar-refractivity contribution in [3.05, 3.63) is 30.6 Å². The van der Waals surface area contributed by atoms with Crippen LogP contribution in [0.5, 0.6) is 11.5 Å². The van der Waals surface area contributed by atoms with Crippen molar-refractivity contribution in [3.8, 4) is 11.5 Å². The van der Waals surface area contributed by atoms with Crippen LogP contribution in [-0.2, 0) is 0 Å². The van der Waals surface area contributed by atoms with Crippen molar-refractivity contribution < 1.29 is 14.3 Å². The summed E-state index contributed by atoms with van der Waals surface area (Å²) in [4.78, 5) is 22.7. The summed E-state index contributed by atoms with van der Waals surface area (Å²) in [6, 6.07) is 6.53. The molecule has 2 N–H and O–H groups in total. The number of urea groups is 1. The van der Waals surface area contributed by atoms with Crippen molar-refractivity contribution in [2.45, 2.75) is 12.8 Å². The predicted octanol–water partition coefficient (Wildman–Crippen LogP) is 2.74. The van der Waals surface area contributed by atoms with Gasteiger partial charge in [-0.1, -0.05) is 0 Å². The van der Waals surface area contributed by atoms with E-state index in [1.165, 1.54) is 6.33 Å². The third kappa shape index (κ3) is 4.09. The maximum absolute atomic E-state index is 12.2. The largest absolute Gasteiger partial charge is 0.493 e. The van der Waals surface area contributed by atoms with Crippen LogP contribution >= 0.6 is 0 Å². The number of carbonyl (C=O) groups is 1. The van der Waals surface area contributed by atoms with E-state index in [-0.39, 0.29) is 0 Å². The van der Waals surface area contributed by atoms with Gasteiger partial charge in [-0.15, -0.1) is 0 Å². The summed E-state index contributed by atoms with van der Waals surface area (Å²) in [5, 5.41) is 5.47. The highest BCUT2D eigenvalue weighted by Gasteiger charge is 2.15.